The van der Waals surface area contributed by atoms with Crippen LogP contribution in [0.3, 0.4) is 0 Å². The number of carbonyl (C=O) groups excluding carboxylic acids is 3. The number of rotatable bonds is 7. The number of thioether (sulfide) groups is 1. The van der Waals surface area contributed by atoms with E-state index in [1.54, 1.807) is 21.3 Å². The van der Waals surface area contributed by atoms with Crippen molar-refractivity contribution in [3.8, 4) is 0 Å². The van der Waals surface area contributed by atoms with Gasteiger partial charge in [-0.05, 0) is 42.7 Å². The van der Waals surface area contributed by atoms with Gasteiger partial charge in [0.15, 0.2) is 0 Å². The molecular weight excluding hydrogens is 474 g/mol. The summed E-state index contributed by atoms with van der Waals surface area (Å²) < 4.78 is 1.58. The van der Waals surface area contributed by atoms with E-state index in [4.69, 9.17) is 0 Å². The molecule has 1 saturated heterocycles. The molecule has 3 amide bonds. The van der Waals surface area contributed by atoms with Crippen LogP contribution in [0, 0.1) is 19.8 Å². The normalized spacial score (nSPS) is 16.8. The van der Waals surface area contributed by atoms with Crippen LogP contribution in [0.15, 0.2) is 48.5 Å². The maximum atomic E-state index is 13.3. The molecule has 5 rings (SSSR count). The van der Waals surface area contributed by atoms with E-state index < -0.39 is 5.92 Å². The molecule has 1 unspecified atom stereocenters. The zero-order valence-corrected chi connectivity index (χ0v) is 21.2. The van der Waals surface area contributed by atoms with Gasteiger partial charge in [0.05, 0.1) is 11.6 Å². The first-order chi connectivity index (χ1) is 17.4. The summed E-state index contributed by atoms with van der Waals surface area (Å²) in [6, 6.07) is 15.6. The summed E-state index contributed by atoms with van der Waals surface area (Å²) in [5, 5.41) is 10.5. The zero-order valence-electron chi connectivity index (χ0n) is 20.4. The Kier molecular flexibility index (Phi) is 6.82. The number of benzene rings is 2. The van der Waals surface area contributed by atoms with E-state index in [0.29, 0.717) is 18.9 Å². The molecule has 8 nitrogen and oxygen atoms in total. The largest absolute Gasteiger partial charge is 0.350 e. The van der Waals surface area contributed by atoms with E-state index in [-0.39, 0.29) is 30.7 Å². The molecule has 3 heterocycles. The lowest BCUT2D eigenvalue weighted by Crippen LogP contribution is -2.31. The van der Waals surface area contributed by atoms with Crippen LogP contribution in [-0.4, -0.2) is 34.0 Å². The Morgan fingerprint density at radius 3 is 2.67 bits per heavy atom. The van der Waals surface area contributed by atoms with Crippen LogP contribution in [0.4, 0.5) is 11.5 Å². The van der Waals surface area contributed by atoms with Crippen molar-refractivity contribution in [1.82, 2.24) is 15.1 Å². The molecule has 186 valence electrons. The van der Waals surface area contributed by atoms with Crippen molar-refractivity contribution < 1.29 is 14.4 Å². The fourth-order valence-corrected chi connectivity index (χ4v) is 5.59. The summed E-state index contributed by atoms with van der Waals surface area (Å²) in [7, 11) is 0. The highest BCUT2D eigenvalue weighted by atomic mass is 32.2. The minimum atomic E-state index is -0.473. The third kappa shape index (κ3) is 5.02. The Morgan fingerprint density at radius 1 is 1.08 bits per heavy atom. The number of aryl methyl sites for hydroxylation is 2. The van der Waals surface area contributed by atoms with Crippen LogP contribution in [-0.2, 0) is 39.0 Å². The van der Waals surface area contributed by atoms with Gasteiger partial charge in [0, 0.05) is 42.3 Å². The Hall–Kier alpha value is -3.59. The highest BCUT2D eigenvalue weighted by molar-refractivity contribution is 7.98. The maximum absolute atomic E-state index is 13.3. The van der Waals surface area contributed by atoms with Gasteiger partial charge < -0.3 is 15.5 Å². The van der Waals surface area contributed by atoms with Crippen LogP contribution in [0.1, 0.15) is 34.4 Å². The molecule has 0 bridgehead atoms. The Bertz CT molecular complexity index is 1320. The van der Waals surface area contributed by atoms with Gasteiger partial charge in [-0.3, -0.25) is 14.4 Å². The number of hydrogen-bond donors (Lipinski definition) is 2. The highest BCUT2D eigenvalue weighted by Gasteiger charge is 2.36. The summed E-state index contributed by atoms with van der Waals surface area (Å²) in [4.78, 5) is 40.4. The van der Waals surface area contributed by atoms with E-state index in [1.165, 1.54) is 0 Å². The van der Waals surface area contributed by atoms with Gasteiger partial charge in [0.1, 0.15) is 12.4 Å². The molecule has 0 aliphatic carbocycles. The van der Waals surface area contributed by atoms with Crippen molar-refractivity contribution in [2.75, 3.05) is 16.8 Å². The van der Waals surface area contributed by atoms with Crippen LogP contribution >= 0.6 is 11.8 Å². The number of amides is 3. The number of nitrogens with one attached hydrogen (secondary N) is 2. The molecule has 2 aliphatic rings. The first kappa shape index (κ1) is 24.1. The van der Waals surface area contributed by atoms with Crippen molar-refractivity contribution in [3.63, 3.8) is 0 Å². The fraction of sp³-hybridized carbons (Fsp3) is 0.333. The van der Waals surface area contributed by atoms with Gasteiger partial charge in [-0.25, -0.2) is 4.68 Å². The smallest absolute Gasteiger partial charge is 0.242 e. The minimum absolute atomic E-state index is 0.0124. The predicted octanol–water partition coefficient (Wildman–Crippen LogP) is 3.55. The molecule has 2 aromatic carbocycles. The van der Waals surface area contributed by atoms with Gasteiger partial charge >= 0.3 is 0 Å². The molecule has 0 spiro atoms. The number of hydrogen-bond acceptors (Lipinski definition) is 5. The molecule has 36 heavy (non-hydrogen) atoms. The topological polar surface area (TPSA) is 96.3 Å². The standard InChI is InChI=1S/C27H29N5O3S/c1-17-8-9-21(10-18(17)2)31-13-20(11-25(31)34)27(35)29-26-22-15-36-16-23(22)30-32(26)14-24(33)28-12-19-6-4-3-5-7-19/h3-10,20H,11-16H2,1-2H3,(H,28,33)(H,29,35). The number of nitrogens with zero attached hydrogens (tertiary/aromatic N) is 3. The summed E-state index contributed by atoms with van der Waals surface area (Å²) in [6.07, 6.45) is 0.154. The summed E-state index contributed by atoms with van der Waals surface area (Å²) in [6.45, 7) is 4.81. The molecule has 0 radical (unpaired) electrons. The average Bonchev–Trinajstić information content (AvgIpc) is 3.56. The number of carbonyl (C=O) groups is 3. The summed E-state index contributed by atoms with van der Waals surface area (Å²) in [5.74, 6) is 1.10. The Morgan fingerprint density at radius 2 is 1.89 bits per heavy atom. The molecule has 2 aliphatic heterocycles. The van der Waals surface area contributed by atoms with Gasteiger partial charge in [0.25, 0.3) is 0 Å². The summed E-state index contributed by atoms with van der Waals surface area (Å²) >= 11 is 1.73. The van der Waals surface area contributed by atoms with Crippen LogP contribution in [0.2, 0.25) is 0 Å². The first-order valence-corrected chi connectivity index (χ1v) is 13.2. The zero-order chi connectivity index (χ0) is 25.2. The number of aromatic nitrogens is 2. The Labute approximate surface area is 214 Å². The molecule has 1 fully saturated rings. The van der Waals surface area contributed by atoms with Gasteiger partial charge in [-0.1, -0.05) is 36.4 Å². The van der Waals surface area contributed by atoms with Crippen molar-refractivity contribution in [2.45, 2.75) is 44.9 Å². The number of anilines is 2. The lowest BCUT2D eigenvalue weighted by Gasteiger charge is -2.18. The van der Waals surface area contributed by atoms with Gasteiger partial charge in [-0.15, -0.1) is 0 Å². The van der Waals surface area contributed by atoms with Crippen LogP contribution in [0.25, 0.3) is 0 Å². The van der Waals surface area contributed by atoms with Crippen molar-refractivity contribution >= 4 is 41.0 Å². The molecule has 1 atom stereocenters. The molecular formula is C27H29N5O3S. The predicted molar refractivity (Wildman–Crippen MR) is 141 cm³/mol. The second kappa shape index (κ2) is 10.2. The second-order valence-electron chi connectivity index (χ2n) is 9.35. The van der Waals surface area contributed by atoms with Crippen molar-refractivity contribution in [1.29, 1.82) is 0 Å². The second-order valence-corrected chi connectivity index (χ2v) is 10.3. The third-order valence-corrected chi connectivity index (χ3v) is 7.75. The van der Waals surface area contributed by atoms with E-state index in [0.717, 1.165) is 45.1 Å². The lowest BCUT2D eigenvalue weighted by atomic mass is 10.1. The van der Waals surface area contributed by atoms with Gasteiger partial charge in [0.2, 0.25) is 17.7 Å². The first-order valence-electron chi connectivity index (χ1n) is 12.0. The van der Waals surface area contributed by atoms with Crippen molar-refractivity contribution in [3.05, 3.63) is 76.5 Å². The molecule has 1 aromatic heterocycles. The van der Waals surface area contributed by atoms with Crippen LogP contribution < -0.4 is 15.5 Å². The van der Waals surface area contributed by atoms with E-state index in [2.05, 4.69) is 15.7 Å². The quantitative estimate of drug-likeness (QED) is 0.514. The van der Waals surface area contributed by atoms with Crippen LogP contribution in [0.5, 0.6) is 0 Å². The number of fused-ring (bicyclic) bond motifs is 1. The SMILES string of the molecule is Cc1ccc(N2CC(C(=O)Nc3c4c(nn3CC(=O)NCc3ccccc3)CSC4)CC2=O)cc1C. The molecule has 2 N–H and O–H groups in total. The molecule has 0 saturated carbocycles. The van der Waals surface area contributed by atoms with Crippen molar-refractivity contribution in [2.24, 2.45) is 5.92 Å². The molecule has 9 heteroatoms. The average molecular weight is 504 g/mol. The Balaban J connectivity index is 1.27. The third-order valence-electron chi connectivity index (χ3n) is 6.78. The fourth-order valence-electron chi connectivity index (χ4n) is 4.55. The van der Waals surface area contributed by atoms with E-state index >= 15 is 0 Å². The lowest BCUT2D eigenvalue weighted by molar-refractivity contribution is -0.122. The summed E-state index contributed by atoms with van der Waals surface area (Å²) in [5.41, 5.74) is 5.95. The highest BCUT2D eigenvalue weighted by Crippen LogP contribution is 2.35. The minimum Gasteiger partial charge on any atom is -0.350 e. The van der Waals surface area contributed by atoms with E-state index in [1.807, 2.05) is 62.4 Å². The maximum Gasteiger partial charge on any atom is 0.242 e. The molecule has 3 aromatic rings. The van der Waals surface area contributed by atoms with Gasteiger partial charge in [-0.2, -0.15) is 16.9 Å². The van der Waals surface area contributed by atoms with E-state index in [9.17, 15) is 14.4 Å². The monoisotopic (exact) mass is 503 g/mol.